The molecule has 1 aliphatic heterocycles. The topological polar surface area (TPSA) is 60.0 Å². The maximum Gasteiger partial charge on any atom is 0.230 e. The number of nitrogens with zero attached hydrogens (tertiary/aromatic N) is 3. The van der Waals surface area contributed by atoms with Gasteiger partial charge in [0, 0.05) is 64.5 Å². The molecule has 160 valence electrons. The van der Waals surface area contributed by atoms with E-state index >= 15 is 0 Å². The molecule has 29 heavy (non-hydrogen) atoms. The van der Waals surface area contributed by atoms with Gasteiger partial charge in [0.25, 0.3) is 0 Å². The zero-order valence-electron chi connectivity index (χ0n) is 18.0. The Balaban J connectivity index is 1.52. The van der Waals surface area contributed by atoms with Crippen molar-refractivity contribution < 1.29 is 4.79 Å². The molecular weight excluding hydrogens is 382 g/mol. The average molecular weight is 418 g/mol. The fraction of sp³-hybridized carbons (Fsp3) is 0.636. The minimum Gasteiger partial charge on any atom is -0.370 e. The number of rotatable bonds is 6. The van der Waals surface area contributed by atoms with Crippen molar-refractivity contribution in [2.24, 2.45) is 10.4 Å². The van der Waals surface area contributed by atoms with Crippen molar-refractivity contribution in [2.75, 3.05) is 57.2 Å². The Hall–Kier alpha value is -1.89. The average Bonchev–Trinajstić information content (AvgIpc) is 3.24. The van der Waals surface area contributed by atoms with Crippen molar-refractivity contribution in [3.05, 3.63) is 29.8 Å². The van der Waals surface area contributed by atoms with Gasteiger partial charge in [-0.05, 0) is 30.5 Å². The Morgan fingerprint density at radius 1 is 1.14 bits per heavy atom. The van der Waals surface area contributed by atoms with Gasteiger partial charge < -0.3 is 20.4 Å². The molecule has 2 N–H and O–H groups in total. The lowest BCUT2D eigenvalue weighted by atomic mass is 9.84. The third-order valence-electron chi connectivity index (χ3n) is 6.01. The van der Waals surface area contributed by atoms with Crippen LogP contribution in [-0.2, 0) is 11.3 Å². The van der Waals surface area contributed by atoms with Crippen LogP contribution in [0.15, 0.2) is 29.3 Å². The molecule has 2 aliphatic rings. The number of anilines is 1. The smallest absolute Gasteiger partial charge is 0.230 e. The number of nitrogens with one attached hydrogen (secondary N) is 2. The normalized spacial score (nSPS) is 19.1. The number of guanidine groups is 1. The quantitative estimate of drug-likeness (QED) is 0.550. The molecule has 1 aromatic carbocycles. The number of amides is 1. The van der Waals surface area contributed by atoms with Gasteiger partial charge in [0.2, 0.25) is 5.91 Å². The molecule has 0 spiro atoms. The highest BCUT2D eigenvalue weighted by molar-refractivity contribution is 7.99. The van der Waals surface area contributed by atoms with E-state index in [4.69, 9.17) is 0 Å². The van der Waals surface area contributed by atoms with E-state index in [1.54, 1.807) is 11.9 Å². The van der Waals surface area contributed by atoms with Crippen LogP contribution in [0.2, 0.25) is 0 Å². The lowest BCUT2D eigenvalue weighted by molar-refractivity contribution is -0.138. The van der Waals surface area contributed by atoms with Crippen LogP contribution in [-0.4, -0.2) is 69.0 Å². The zero-order chi connectivity index (χ0) is 20.7. The van der Waals surface area contributed by atoms with Gasteiger partial charge in [0.05, 0.1) is 5.41 Å². The summed E-state index contributed by atoms with van der Waals surface area (Å²) >= 11 is 2.03. The number of aliphatic imine (C=N–C) groups is 1. The number of carbonyl (C=O) groups is 1. The molecule has 0 aromatic heterocycles. The van der Waals surface area contributed by atoms with E-state index in [-0.39, 0.29) is 11.3 Å². The van der Waals surface area contributed by atoms with E-state index in [1.165, 1.54) is 22.8 Å². The zero-order valence-corrected chi connectivity index (χ0v) is 18.9. The SMILES string of the molecule is CN=C(NCc1ccc(N2CCSCC2)cc1)NCC1(C(=O)N(C)C)CCCC1. The summed E-state index contributed by atoms with van der Waals surface area (Å²) in [5.74, 6) is 3.40. The molecule has 1 amide bonds. The van der Waals surface area contributed by atoms with E-state index < -0.39 is 0 Å². The van der Waals surface area contributed by atoms with Gasteiger partial charge in [-0.1, -0.05) is 25.0 Å². The van der Waals surface area contributed by atoms with Gasteiger partial charge in [-0.15, -0.1) is 0 Å². The van der Waals surface area contributed by atoms with Crippen LogP contribution in [0.3, 0.4) is 0 Å². The molecule has 0 atom stereocenters. The van der Waals surface area contributed by atoms with Crippen molar-refractivity contribution in [3.8, 4) is 0 Å². The Labute approximate surface area is 179 Å². The summed E-state index contributed by atoms with van der Waals surface area (Å²) < 4.78 is 0. The standard InChI is InChI=1S/C22H35N5OS/c1-23-21(25-17-22(10-4-5-11-22)20(28)26(2)3)24-16-18-6-8-19(9-7-18)27-12-14-29-15-13-27/h6-9H,4-5,10-17H2,1-3H3,(H2,23,24,25). The molecule has 1 heterocycles. The summed E-state index contributed by atoms with van der Waals surface area (Å²) in [6.07, 6.45) is 4.14. The Morgan fingerprint density at radius 3 is 2.38 bits per heavy atom. The third-order valence-corrected chi connectivity index (χ3v) is 6.95. The van der Waals surface area contributed by atoms with Gasteiger partial charge in [0.15, 0.2) is 5.96 Å². The van der Waals surface area contributed by atoms with E-state index in [2.05, 4.69) is 44.8 Å². The number of carbonyl (C=O) groups excluding carboxylic acids is 1. The molecule has 1 aromatic rings. The summed E-state index contributed by atoms with van der Waals surface area (Å²) in [6.45, 7) is 3.61. The monoisotopic (exact) mass is 417 g/mol. The van der Waals surface area contributed by atoms with Gasteiger partial charge in [-0.25, -0.2) is 0 Å². The summed E-state index contributed by atoms with van der Waals surface area (Å²) in [4.78, 5) is 21.3. The van der Waals surface area contributed by atoms with Gasteiger partial charge in [0.1, 0.15) is 0 Å². The van der Waals surface area contributed by atoms with Crippen molar-refractivity contribution in [2.45, 2.75) is 32.2 Å². The van der Waals surface area contributed by atoms with E-state index in [9.17, 15) is 4.79 Å². The fourth-order valence-corrected chi connectivity index (χ4v) is 5.20. The number of benzene rings is 1. The van der Waals surface area contributed by atoms with Crippen molar-refractivity contribution in [3.63, 3.8) is 0 Å². The highest BCUT2D eigenvalue weighted by atomic mass is 32.2. The van der Waals surface area contributed by atoms with Gasteiger partial charge in [-0.3, -0.25) is 9.79 Å². The Bertz CT molecular complexity index is 692. The molecule has 3 rings (SSSR count). The van der Waals surface area contributed by atoms with Crippen molar-refractivity contribution >= 4 is 29.3 Å². The molecular formula is C22H35N5OS. The largest absolute Gasteiger partial charge is 0.370 e. The second-order valence-corrected chi connectivity index (χ2v) is 9.46. The second-order valence-electron chi connectivity index (χ2n) is 8.23. The molecule has 1 aliphatic carbocycles. The highest BCUT2D eigenvalue weighted by Gasteiger charge is 2.42. The van der Waals surface area contributed by atoms with Crippen LogP contribution in [0.25, 0.3) is 0 Å². The molecule has 1 saturated heterocycles. The first-order valence-electron chi connectivity index (χ1n) is 10.6. The molecule has 2 fully saturated rings. The molecule has 6 nitrogen and oxygen atoms in total. The first-order chi connectivity index (χ1) is 14.0. The second kappa shape index (κ2) is 10.2. The summed E-state index contributed by atoms with van der Waals surface area (Å²) in [5.41, 5.74) is 2.24. The maximum atomic E-state index is 12.7. The van der Waals surface area contributed by atoms with E-state index in [0.29, 0.717) is 13.1 Å². The van der Waals surface area contributed by atoms with E-state index in [0.717, 1.165) is 44.7 Å². The van der Waals surface area contributed by atoms with Crippen LogP contribution in [0.1, 0.15) is 31.2 Å². The van der Waals surface area contributed by atoms with Crippen LogP contribution in [0, 0.1) is 5.41 Å². The van der Waals surface area contributed by atoms with Crippen LogP contribution >= 0.6 is 11.8 Å². The maximum absolute atomic E-state index is 12.7. The Morgan fingerprint density at radius 2 is 1.79 bits per heavy atom. The summed E-state index contributed by atoms with van der Waals surface area (Å²) in [6, 6.07) is 8.80. The minimum atomic E-state index is -0.296. The van der Waals surface area contributed by atoms with E-state index in [1.807, 2.05) is 25.9 Å². The van der Waals surface area contributed by atoms with Crippen molar-refractivity contribution in [1.29, 1.82) is 0 Å². The predicted molar refractivity (Wildman–Crippen MR) is 124 cm³/mol. The first kappa shape index (κ1) is 21.8. The first-order valence-corrected chi connectivity index (χ1v) is 11.8. The fourth-order valence-electron chi connectivity index (χ4n) is 4.30. The Kier molecular flexibility index (Phi) is 7.70. The summed E-state index contributed by atoms with van der Waals surface area (Å²) in [7, 11) is 5.48. The van der Waals surface area contributed by atoms with Gasteiger partial charge in [-0.2, -0.15) is 11.8 Å². The molecule has 0 radical (unpaired) electrons. The molecule has 0 unspecified atom stereocenters. The summed E-state index contributed by atoms with van der Waals surface area (Å²) in [5, 5.41) is 6.79. The minimum absolute atomic E-state index is 0.227. The lowest BCUT2D eigenvalue weighted by Crippen LogP contribution is -2.49. The van der Waals surface area contributed by atoms with Crippen LogP contribution < -0.4 is 15.5 Å². The molecule has 1 saturated carbocycles. The van der Waals surface area contributed by atoms with Crippen LogP contribution in [0.4, 0.5) is 5.69 Å². The molecule has 7 heteroatoms. The molecule has 0 bridgehead atoms. The van der Waals surface area contributed by atoms with Crippen molar-refractivity contribution in [1.82, 2.24) is 15.5 Å². The number of hydrogen-bond donors (Lipinski definition) is 2. The lowest BCUT2D eigenvalue weighted by Gasteiger charge is -2.31. The number of hydrogen-bond acceptors (Lipinski definition) is 4. The predicted octanol–water partition coefficient (Wildman–Crippen LogP) is 2.55. The number of thioether (sulfide) groups is 1. The third kappa shape index (κ3) is 5.59. The van der Waals surface area contributed by atoms with Crippen LogP contribution in [0.5, 0.6) is 0 Å². The highest BCUT2D eigenvalue weighted by Crippen LogP contribution is 2.38. The van der Waals surface area contributed by atoms with Gasteiger partial charge >= 0.3 is 0 Å².